The highest BCUT2D eigenvalue weighted by Gasteiger charge is 2.28. The largest absolute Gasteiger partial charge is 0.354 e. The molecule has 22 heavy (non-hydrogen) atoms. The number of carbonyl (C=O) groups excluding carboxylic acids is 2. The summed E-state index contributed by atoms with van der Waals surface area (Å²) in [6, 6.07) is 5.03. The average molecular weight is 343 g/mol. The predicted molar refractivity (Wildman–Crippen MR) is 88.4 cm³/mol. The fourth-order valence-electron chi connectivity index (χ4n) is 2.56. The molecular formula is C16H20Cl2N2O2. The van der Waals surface area contributed by atoms with E-state index in [2.05, 4.69) is 5.32 Å². The lowest BCUT2D eigenvalue weighted by atomic mass is 9.95. The molecule has 0 radical (unpaired) electrons. The van der Waals surface area contributed by atoms with Crippen LogP contribution in [0.2, 0.25) is 10.0 Å². The van der Waals surface area contributed by atoms with E-state index < -0.39 is 0 Å². The van der Waals surface area contributed by atoms with Gasteiger partial charge in [0.1, 0.15) is 0 Å². The Bertz CT molecular complexity index is 567. The summed E-state index contributed by atoms with van der Waals surface area (Å²) in [4.78, 5) is 26.2. The summed E-state index contributed by atoms with van der Waals surface area (Å²) in [5, 5.41) is 3.73. The molecule has 0 unspecified atom stereocenters. The molecule has 0 bridgehead atoms. The summed E-state index contributed by atoms with van der Waals surface area (Å²) >= 11 is 11.8. The van der Waals surface area contributed by atoms with Gasteiger partial charge in [-0.1, -0.05) is 23.2 Å². The molecule has 2 rings (SSSR count). The van der Waals surface area contributed by atoms with Crippen molar-refractivity contribution in [3.05, 3.63) is 33.8 Å². The third-order valence-electron chi connectivity index (χ3n) is 3.75. The van der Waals surface area contributed by atoms with Gasteiger partial charge in [-0.05, 0) is 44.9 Å². The van der Waals surface area contributed by atoms with Crippen LogP contribution in [0, 0.1) is 5.92 Å². The number of rotatable bonds is 3. The second-order valence-corrected chi connectivity index (χ2v) is 6.67. The van der Waals surface area contributed by atoms with Crippen molar-refractivity contribution in [2.45, 2.75) is 32.7 Å². The molecular weight excluding hydrogens is 323 g/mol. The zero-order chi connectivity index (χ0) is 16.3. The molecule has 1 saturated heterocycles. The number of benzene rings is 1. The predicted octanol–water partition coefficient (Wildman–Crippen LogP) is 3.37. The highest BCUT2D eigenvalue weighted by Crippen LogP contribution is 2.25. The normalized spacial score (nSPS) is 16.0. The third-order valence-corrected chi connectivity index (χ3v) is 4.49. The van der Waals surface area contributed by atoms with Gasteiger partial charge in [-0.25, -0.2) is 0 Å². The van der Waals surface area contributed by atoms with Gasteiger partial charge < -0.3 is 10.2 Å². The molecule has 1 aliphatic heterocycles. The van der Waals surface area contributed by atoms with Crippen LogP contribution in [0.5, 0.6) is 0 Å². The van der Waals surface area contributed by atoms with Crippen molar-refractivity contribution in [1.82, 2.24) is 10.2 Å². The Labute approximate surface area is 140 Å². The summed E-state index contributed by atoms with van der Waals surface area (Å²) < 4.78 is 0. The zero-order valence-electron chi connectivity index (χ0n) is 12.7. The van der Waals surface area contributed by atoms with E-state index in [0.717, 1.165) is 0 Å². The van der Waals surface area contributed by atoms with Crippen molar-refractivity contribution in [3.63, 3.8) is 0 Å². The number of nitrogens with one attached hydrogen (secondary N) is 1. The Balaban J connectivity index is 1.95. The number of amides is 2. The van der Waals surface area contributed by atoms with Crippen LogP contribution in [0.3, 0.4) is 0 Å². The van der Waals surface area contributed by atoms with Crippen molar-refractivity contribution in [2.24, 2.45) is 5.92 Å². The monoisotopic (exact) mass is 342 g/mol. The van der Waals surface area contributed by atoms with Crippen molar-refractivity contribution >= 4 is 35.0 Å². The Morgan fingerprint density at radius 1 is 1.18 bits per heavy atom. The molecule has 1 heterocycles. The van der Waals surface area contributed by atoms with Gasteiger partial charge in [-0.3, -0.25) is 9.59 Å². The maximum atomic E-state index is 12.4. The van der Waals surface area contributed by atoms with Crippen LogP contribution in [0.4, 0.5) is 0 Å². The molecule has 0 atom stereocenters. The van der Waals surface area contributed by atoms with Crippen LogP contribution in [0.25, 0.3) is 0 Å². The third kappa shape index (κ3) is 4.14. The van der Waals surface area contributed by atoms with Crippen LogP contribution in [-0.4, -0.2) is 35.8 Å². The fraction of sp³-hybridized carbons (Fsp3) is 0.500. The topological polar surface area (TPSA) is 49.4 Å². The smallest absolute Gasteiger partial charge is 0.253 e. The number of carbonyl (C=O) groups is 2. The van der Waals surface area contributed by atoms with Gasteiger partial charge >= 0.3 is 0 Å². The lowest BCUT2D eigenvalue weighted by molar-refractivity contribution is -0.126. The summed E-state index contributed by atoms with van der Waals surface area (Å²) in [5.74, 6) is -0.00169. The highest BCUT2D eigenvalue weighted by molar-refractivity contribution is 6.42. The van der Waals surface area contributed by atoms with Crippen LogP contribution in [0.15, 0.2) is 18.2 Å². The van der Waals surface area contributed by atoms with E-state index in [9.17, 15) is 9.59 Å². The lowest BCUT2D eigenvalue weighted by Crippen LogP contribution is -2.44. The molecule has 1 fully saturated rings. The van der Waals surface area contributed by atoms with E-state index in [0.29, 0.717) is 41.5 Å². The summed E-state index contributed by atoms with van der Waals surface area (Å²) in [7, 11) is 0. The Morgan fingerprint density at radius 2 is 1.82 bits per heavy atom. The van der Waals surface area contributed by atoms with E-state index in [1.807, 2.05) is 13.8 Å². The molecule has 1 aromatic rings. The molecule has 120 valence electrons. The first-order valence-corrected chi connectivity index (χ1v) is 8.18. The molecule has 0 saturated carbocycles. The average Bonchev–Trinajstić information content (AvgIpc) is 2.49. The minimum absolute atomic E-state index is 0.0137. The standard InChI is InChI=1S/C16H20Cl2N2O2/c1-10(2)19-15(21)11-5-7-20(8-6-11)16(22)12-3-4-13(17)14(18)9-12/h3-4,9-11H,5-8H2,1-2H3,(H,19,21). The minimum atomic E-state index is -0.0683. The molecule has 1 aliphatic rings. The number of likely N-dealkylation sites (tertiary alicyclic amines) is 1. The van der Waals surface area contributed by atoms with E-state index in [-0.39, 0.29) is 23.8 Å². The maximum Gasteiger partial charge on any atom is 0.253 e. The second kappa shape index (κ2) is 7.34. The van der Waals surface area contributed by atoms with E-state index in [1.165, 1.54) is 0 Å². The van der Waals surface area contributed by atoms with Crippen LogP contribution >= 0.6 is 23.2 Å². The molecule has 1 N–H and O–H groups in total. The van der Waals surface area contributed by atoms with Crippen molar-refractivity contribution in [1.29, 1.82) is 0 Å². The Hall–Kier alpha value is -1.26. The number of piperidine rings is 1. The first kappa shape index (κ1) is 17.1. The van der Waals surface area contributed by atoms with Crippen LogP contribution in [0.1, 0.15) is 37.0 Å². The molecule has 2 amide bonds. The molecule has 0 spiro atoms. The van der Waals surface area contributed by atoms with Gasteiger partial charge in [0.2, 0.25) is 5.91 Å². The minimum Gasteiger partial charge on any atom is -0.354 e. The number of hydrogen-bond donors (Lipinski definition) is 1. The molecule has 6 heteroatoms. The van der Waals surface area contributed by atoms with Gasteiger partial charge in [0.15, 0.2) is 0 Å². The zero-order valence-corrected chi connectivity index (χ0v) is 14.2. The summed E-state index contributed by atoms with van der Waals surface area (Å²) in [6.07, 6.45) is 1.37. The van der Waals surface area contributed by atoms with Gasteiger partial charge in [0.05, 0.1) is 10.0 Å². The van der Waals surface area contributed by atoms with Gasteiger partial charge in [0, 0.05) is 30.6 Å². The van der Waals surface area contributed by atoms with Crippen LogP contribution < -0.4 is 5.32 Å². The lowest BCUT2D eigenvalue weighted by Gasteiger charge is -2.31. The van der Waals surface area contributed by atoms with E-state index in [4.69, 9.17) is 23.2 Å². The Kier molecular flexibility index (Phi) is 5.70. The summed E-state index contributed by atoms with van der Waals surface area (Å²) in [6.45, 7) is 5.05. The highest BCUT2D eigenvalue weighted by atomic mass is 35.5. The maximum absolute atomic E-state index is 12.4. The van der Waals surface area contributed by atoms with Gasteiger partial charge in [-0.15, -0.1) is 0 Å². The van der Waals surface area contributed by atoms with Crippen molar-refractivity contribution in [2.75, 3.05) is 13.1 Å². The molecule has 1 aromatic carbocycles. The van der Waals surface area contributed by atoms with Gasteiger partial charge in [0.25, 0.3) is 5.91 Å². The van der Waals surface area contributed by atoms with Crippen molar-refractivity contribution in [3.8, 4) is 0 Å². The van der Waals surface area contributed by atoms with E-state index >= 15 is 0 Å². The van der Waals surface area contributed by atoms with Gasteiger partial charge in [-0.2, -0.15) is 0 Å². The molecule has 4 nitrogen and oxygen atoms in total. The molecule has 0 aromatic heterocycles. The van der Waals surface area contributed by atoms with Crippen LogP contribution in [-0.2, 0) is 4.79 Å². The van der Waals surface area contributed by atoms with E-state index in [1.54, 1.807) is 23.1 Å². The Morgan fingerprint density at radius 3 is 2.36 bits per heavy atom. The number of hydrogen-bond acceptors (Lipinski definition) is 2. The number of nitrogens with zero attached hydrogens (tertiary/aromatic N) is 1. The summed E-state index contributed by atoms with van der Waals surface area (Å²) in [5.41, 5.74) is 0.527. The second-order valence-electron chi connectivity index (χ2n) is 5.86. The molecule has 0 aliphatic carbocycles. The quantitative estimate of drug-likeness (QED) is 0.915. The first-order valence-electron chi connectivity index (χ1n) is 7.43. The SMILES string of the molecule is CC(C)NC(=O)C1CCN(C(=O)c2ccc(Cl)c(Cl)c2)CC1. The fourth-order valence-corrected chi connectivity index (χ4v) is 2.86. The first-order chi connectivity index (χ1) is 10.4. The van der Waals surface area contributed by atoms with Crippen molar-refractivity contribution < 1.29 is 9.59 Å². The number of halogens is 2.